The van der Waals surface area contributed by atoms with Crippen LogP contribution in [-0.2, 0) is 0 Å². The van der Waals surface area contributed by atoms with E-state index in [-0.39, 0.29) is 11.5 Å². The molecule has 7 heteroatoms. The van der Waals surface area contributed by atoms with Gasteiger partial charge in [-0.2, -0.15) is 5.26 Å². The summed E-state index contributed by atoms with van der Waals surface area (Å²) in [4.78, 5) is 12.7. The number of benzene rings is 2. The molecule has 0 atom stereocenters. The van der Waals surface area contributed by atoms with E-state index in [4.69, 9.17) is 31.1 Å². The van der Waals surface area contributed by atoms with Crippen LogP contribution in [0, 0.1) is 11.3 Å². The number of halogens is 1. The highest BCUT2D eigenvalue weighted by atomic mass is 35.5. The third-order valence-corrected chi connectivity index (χ3v) is 3.85. The Morgan fingerprint density at radius 3 is 2.15 bits per heavy atom. The molecule has 0 spiro atoms. The lowest BCUT2D eigenvalue weighted by atomic mass is 10.1. The predicted molar refractivity (Wildman–Crippen MR) is 104 cm³/mol. The summed E-state index contributed by atoms with van der Waals surface area (Å²) in [5.74, 6) is 0.968. The second kappa shape index (κ2) is 9.70. The lowest BCUT2D eigenvalue weighted by Gasteiger charge is -2.17. The molecule has 0 unspecified atom stereocenters. The first kappa shape index (κ1) is 20.4. The summed E-state index contributed by atoms with van der Waals surface area (Å²) in [6, 6.07) is 9.90. The fraction of sp³-hybridized carbons (Fsp3) is 0.300. The molecule has 2 aromatic rings. The first-order valence-corrected chi connectivity index (χ1v) is 8.99. The van der Waals surface area contributed by atoms with Gasteiger partial charge in [-0.1, -0.05) is 11.6 Å². The monoisotopic (exact) mass is 388 g/mol. The van der Waals surface area contributed by atoms with Gasteiger partial charge in [0, 0.05) is 11.3 Å². The van der Waals surface area contributed by atoms with Crippen LogP contribution in [0.4, 0.5) is 5.69 Å². The maximum Gasteiger partial charge on any atom is 0.255 e. The molecule has 2 aromatic carbocycles. The lowest BCUT2D eigenvalue weighted by molar-refractivity contribution is 0.102. The van der Waals surface area contributed by atoms with Crippen LogP contribution in [0.15, 0.2) is 30.3 Å². The molecule has 0 aliphatic heterocycles. The van der Waals surface area contributed by atoms with Crippen molar-refractivity contribution in [1.82, 2.24) is 0 Å². The van der Waals surface area contributed by atoms with Crippen molar-refractivity contribution < 1.29 is 19.0 Å². The van der Waals surface area contributed by atoms with Gasteiger partial charge in [-0.15, -0.1) is 0 Å². The SMILES string of the molecule is CCOc1cc(C(=O)Nc2ccc(Cl)c(C#N)c2)cc(OCC)c1OCC. The molecular formula is C20H21ClN2O4. The van der Waals surface area contributed by atoms with Crippen molar-refractivity contribution in [3.8, 4) is 23.3 Å². The number of rotatable bonds is 8. The molecule has 0 fully saturated rings. The van der Waals surface area contributed by atoms with Gasteiger partial charge in [0.05, 0.1) is 30.4 Å². The predicted octanol–water partition coefficient (Wildman–Crippen LogP) is 4.66. The minimum atomic E-state index is -0.369. The fourth-order valence-electron chi connectivity index (χ4n) is 2.41. The van der Waals surface area contributed by atoms with Gasteiger partial charge in [-0.25, -0.2) is 0 Å². The molecule has 0 aliphatic carbocycles. The van der Waals surface area contributed by atoms with E-state index >= 15 is 0 Å². The number of hydrogen-bond acceptors (Lipinski definition) is 5. The summed E-state index contributed by atoms with van der Waals surface area (Å²) < 4.78 is 16.9. The summed E-state index contributed by atoms with van der Waals surface area (Å²) >= 11 is 5.93. The number of amides is 1. The van der Waals surface area contributed by atoms with E-state index in [1.165, 1.54) is 6.07 Å². The van der Waals surface area contributed by atoms with Crippen molar-refractivity contribution in [2.45, 2.75) is 20.8 Å². The second-order valence-electron chi connectivity index (χ2n) is 5.36. The molecular weight excluding hydrogens is 368 g/mol. The molecule has 0 radical (unpaired) electrons. The molecule has 0 heterocycles. The fourth-order valence-corrected chi connectivity index (χ4v) is 2.57. The molecule has 0 bridgehead atoms. The Morgan fingerprint density at radius 2 is 1.63 bits per heavy atom. The van der Waals surface area contributed by atoms with Crippen molar-refractivity contribution in [3.05, 3.63) is 46.5 Å². The third-order valence-electron chi connectivity index (χ3n) is 3.52. The summed E-state index contributed by atoms with van der Waals surface area (Å²) in [5.41, 5.74) is 1.09. The second-order valence-corrected chi connectivity index (χ2v) is 5.77. The third kappa shape index (κ3) is 5.05. The lowest BCUT2D eigenvalue weighted by Crippen LogP contribution is -2.13. The maximum absolute atomic E-state index is 12.7. The number of nitrogens with zero attached hydrogens (tertiary/aromatic N) is 1. The minimum absolute atomic E-state index is 0.283. The average molecular weight is 389 g/mol. The van der Waals surface area contributed by atoms with Gasteiger partial charge < -0.3 is 19.5 Å². The molecule has 6 nitrogen and oxygen atoms in total. The van der Waals surface area contributed by atoms with E-state index in [1.54, 1.807) is 24.3 Å². The number of nitriles is 1. The van der Waals surface area contributed by atoms with Gasteiger partial charge in [0.15, 0.2) is 11.5 Å². The van der Waals surface area contributed by atoms with Crippen molar-refractivity contribution in [2.75, 3.05) is 25.1 Å². The summed E-state index contributed by atoms with van der Waals surface area (Å²) in [7, 11) is 0. The largest absolute Gasteiger partial charge is 0.490 e. The van der Waals surface area contributed by atoms with Crippen LogP contribution < -0.4 is 19.5 Å². The van der Waals surface area contributed by atoms with Crippen LogP contribution in [0.3, 0.4) is 0 Å². The molecule has 2 rings (SSSR count). The Kier molecular flexibility index (Phi) is 7.33. The van der Waals surface area contributed by atoms with E-state index in [0.29, 0.717) is 53.3 Å². The first-order valence-electron chi connectivity index (χ1n) is 8.61. The van der Waals surface area contributed by atoms with E-state index in [2.05, 4.69) is 5.32 Å². The minimum Gasteiger partial charge on any atom is -0.490 e. The Bertz CT molecular complexity index is 835. The maximum atomic E-state index is 12.7. The molecule has 27 heavy (non-hydrogen) atoms. The topological polar surface area (TPSA) is 80.6 Å². The van der Waals surface area contributed by atoms with Crippen LogP contribution in [0.2, 0.25) is 5.02 Å². The van der Waals surface area contributed by atoms with Crippen molar-refractivity contribution >= 4 is 23.2 Å². The zero-order valence-corrected chi connectivity index (χ0v) is 16.2. The van der Waals surface area contributed by atoms with E-state index in [9.17, 15) is 4.79 Å². The quantitative estimate of drug-likeness (QED) is 0.711. The summed E-state index contributed by atoms with van der Waals surface area (Å²) in [5, 5.41) is 12.1. The van der Waals surface area contributed by atoms with Crippen molar-refractivity contribution in [1.29, 1.82) is 5.26 Å². The Hall–Kier alpha value is -2.91. The van der Waals surface area contributed by atoms with Gasteiger partial charge in [-0.05, 0) is 51.1 Å². The smallest absolute Gasteiger partial charge is 0.255 e. The van der Waals surface area contributed by atoms with E-state index in [1.807, 2.05) is 26.8 Å². The molecule has 0 aromatic heterocycles. The Morgan fingerprint density at radius 1 is 1.04 bits per heavy atom. The standard InChI is InChI=1S/C20H21ClN2O4/c1-4-25-17-10-13(11-18(26-5-2)19(17)27-6-3)20(24)23-15-7-8-16(21)14(9-15)12-22/h7-11H,4-6H2,1-3H3,(H,23,24). The average Bonchev–Trinajstić information content (AvgIpc) is 2.66. The van der Waals surface area contributed by atoms with Gasteiger partial charge in [-0.3, -0.25) is 4.79 Å². The number of nitrogens with one attached hydrogen (secondary N) is 1. The molecule has 1 amide bonds. The molecule has 0 saturated heterocycles. The Balaban J connectivity index is 2.38. The Labute approximate surface area is 163 Å². The zero-order valence-electron chi connectivity index (χ0n) is 15.5. The van der Waals surface area contributed by atoms with Gasteiger partial charge in [0.1, 0.15) is 6.07 Å². The summed E-state index contributed by atoms with van der Waals surface area (Å²) in [6.45, 7) is 6.82. The van der Waals surface area contributed by atoms with Crippen LogP contribution in [0.25, 0.3) is 0 Å². The van der Waals surface area contributed by atoms with Crippen LogP contribution in [0.1, 0.15) is 36.7 Å². The van der Waals surface area contributed by atoms with Crippen molar-refractivity contribution in [3.63, 3.8) is 0 Å². The zero-order chi connectivity index (χ0) is 19.8. The highest BCUT2D eigenvalue weighted by molar-refractivity contribution is 6.31. The molecule has 1 N–H and O–H groups in total. The number of carbonyl (C=O) groups excluding carboxylic acids is 1. The molecule has 142 valence electrons. The molecule has 0 aliphatic rings. The number of anilines is 1. The number of hydrogen-bond donors (Lipinski definition) is 1. The first-order chi connectivity index (χ1) is 13.0. The highest BCUT2D eigenvalue weighted by Gasteiger charge is 2.18. The highest BCUT2D eigenvalue weighted by Crippen LogP contribution is 2.39. The normalized spacial score (nSPS) is 10.0. The van der Waals surface area contributed by atoms with E-state index in [0.717, 1.165) is 0 Å². The van der Waals surface area contributed by atoms with E-state index < -0.39 is 0 Å². The van der Waals surface area contributed by atoms with Gasteiger partial charge in [0.2, 0.25) is 5.75 Å². The van der Waals surface area contributed by atoms with Gasteiger partial charge >= 0.3 is 0 Å². The van der Waals surface area contributed by atoms with Gasteiger partial charge in [0.25, 0.3) is 5.91 Å². The molecule has 0 saturated carbocycles. The van der Waals surface area contributed by atoms with Crippen LogP contribution in [-0.4, -0.2) is 25.7 Å². The number of ether oxygens (including phenoxy) is 3. The number of carbonyl (C=O) groups is 1. The van der Waals surface area contributed by atoms with Crippen molar-refractivity contribution in [2.24, 2.45) is 0 Å². The summed E-state index contributed by atoms with van der Waals surface area (Å²) in [6.07, 6.45) is 0. The van der Waals surface area contributed by atoms with Crippen LogP contribution >= 0.6 is 11.6 Å². The van der Waals surface area contributed by atoms with Crippen LogP contribution in [0.5, 0.6) is 17.2 Å².